The van der Waals surface area contributed by atoms with Gasteiger partial charge in [0.1, 0.15) is 0 Å². The van der Waals surface area contributed by atoms with E-state index in [0.717, 1.165) is 6.42 Å². The highest BCUT2D eigenvalue weighted by molar-refractivity contribution is 7.12. The Morgan fingerprint density at radius 2 is 2.16 bits per heavy atom. The molecule has 0 radical (unpaired) electrons. The molecule has 2 amide bonds. The number of rotatable bonds is 5. The Balaban J connectivity index is 1.85. The summed E-state index contributed by atoms with van der Waals surface area (Å²) in [4.78, 5) is 25.7. The van der Waals surface area contributed by atoms with Gasteiger partial charge in [-0.3, -0.25) is 9.59 Å². The van der Waals surface area contributed by atoms with Gasteiger partial charge in [-0.15, -0.1) is 11.3 Å². The monoisotopic (exact) mass is 280 g/mol. The highest BCUT2D eigenvalue weighted by atomic mass is 32.1. The Labute approximate surface area is 117 Å². The van der Waals surface area contributed by atoms with Crippen LogP contribution in [0.1, 0.15) is 35.9 Å². The molecule has 0 spiro atoms. The second-order valence-corrected chi connectivity index (χ2v) is 7.18. The van der Waals surface area contributed by atoms with Gasteiger partial charge in [0.25, 0.3) is 0 Å². The van der Waals surface area contributed by atoms with Crippen LogP contribution in [0.5, 0.6) is 0 Å². The third-order valence-electron chi connectivity index (χ3n) is 3.63. The molecule has 0 bridgehead atoms. The highest BCUT2D eigenvalue weighted by Gasteiger charge is 2.45. The SMILES string of the molecule is Cc1ccc([C@@H]2C[C@H]2C(=O)NCC(C)(C)C(N)=O)s1. The molecule has 2 atom stereocenters. The average Bonchev–Trinajstić information content (AvgIpc) is 3.02. The third-order valence-corrected chi connectivity index (χ3v) is 4.76. The van der Waals surface area contributed by atoms with Crippen molar-refractivity contribution in [1.82, 2.24) is 5.32 Å². The number of carbonyl (C=O) groups is 2. The van der Waals surface area contributed by atoms with E-state index in [0.29, 0.717) is 12.5 Å². The Kier molecular flexibility index (Phi) is 3.67. The van der Waals surface area contributed by atoms with Gasteiger partial charge in [0.05, 0.1) is 5.41 Å². The molecule has 0 saturated heterocycles. The number of hydrogen-bond acceptors (Lipinski definition) is 3. The molecule has 1 aliphatic carbocycles. The van der Waals surface area contributed by atoms with Crippen LogP contribution in [0, 0.1) is 18.3 Å². The standard InChI is InChI=1S/C14H20N2O2S/c1-8-4-5-11(19-8)9-6-10(9)12(17)16-7-14(2,3)13(15)18/h4-5,9-10H,6-7H2,1-3H3,(H2,15,18)(H,16,17)/t9-,10-/m1/s1. The van der Waals surface area contributed by atoms with Gasteiger partial charge in [0, 0.05) is 28.1 Å². The first kappa shape index (κ1) is 14.1. The quantitative estimate of drug-likeness (QED) is 0.863. The zero-order valence-corrected chi connectivity index (χ0v) is 12.3. The van der Waals surface area contributed by atoms with Gasteiger partial charge in [-0.2, -0.15) is 0 Å². The lowest BCUT2D eigenvalue weighted by atomic mass is 9.93. The first-order valence-electron chi connectivity index (χ1n) is 6.45. The molecule has 1 fully saturated rings. The van der Waals surface area contributed by atoms with E-state index in [2.05, 4.69) is 24.4 Å². The summed E-state index contributed by atoms with van der Waals surface area (Å²) < 4.78 is 0. The normalized spacial score (nSPS) is 22.1. The number of nitrogens with two attached hydrogens (primary N) is 1. The van der Waals surface area contributed by atoms with E-state index in [1.165, 1.54) is 9.75 Å². The Morgan fingerprint density at radius 1 is 1.47 bits per heavy atom. The summed E-state index contributed by atoms with van der Waals surface area (Å²) in [5.41, 5.74) is 4.59. The molecule has 0 unspecified atom stereocenters. The molecule has 4 nitrogen and oxygen atoms in total. The van der Waals surface area contributed by atoms with Crippen LogP contribution in [0.25, 0.3) is 0 Å². The van der Waals surface area contributed by atoms with Gasteiger partial charge >= 0.3 is 0 Å². The van der Waals surface area contributed by atoms with Crippen LogP contribution < -0.4 is 11.1 Å². The smallest absolute Gasteiger partial charge is 0.224 e. The number of thiophene rings is 1. The first-order valence-corrected chi connectivity index (χ1v) is 7.27. The molecular weight excluding hydrogens is 260 g/mol. The van der Waals surface area contributed by atoms with E-state index >= 15 is 0 Å². The zero-order chi connectivity index (χ0) is 14.2. The zero-order valence-electron chi connectivity index (χ0n) is 11.5. The summed E-state index contributed by atoms with van der Waals surface area (Å²) in [5.74, 6) is 0.0523. The van der Waals surface area contributed by atoms with E-state index in [-0.39, 0.29) is 11.8 Å². The highest BCUT2D eigenvalue weighted by Crippen LogP contribution is 2.49. The van der Waals surface area contributed by atoms with Crippen LogP contribution in [-0.4, -0.2) is 18.4 Å². The first-order chi connectivity index (χ1) is 8.81. The maximum atomic E-state index is 12.0. The third kappa shape index (κ3) is 3.15. The van der Waals surface area contributed by atoms with Crippen molar-refractivity contribution in [2.75, 3.05) is 6.54 Å². The maximum Gasteiger partial charge on any atom is 0.224 e. The predicted octanol–water partition coefficient (Wildman–Crippen LogP) is 1.79. The van der Waals surface area contributed by atoms with Gasteiger partial charge < -0.3 is 11.1 Å². The largest absolute Gasteiger partial charge is 0.369 e. The van der Waals surface area contributed by atoms with Crippen molar-refractivity contribution in [1.29, 1.82) is 0 Å². The number of aryl methyl sites for hydroxylation is 1. The Bertz CT molecular complexity index is 507. The number of hydrogen-bond donors (Lipinski definition) is 2. The van der Waals surface area contributed by atoms with Crippen molar-refractivity contribution in [2.24, 2.45) is 17.1 Å². The minimum Gasteiger partial charge on any atom is -0.369 e. The van der Waals surface area contributed by atoms with Crippen molar-refractivity contribution in [3.63, 3.8) is 0 Å². The van der Waals surface area contributed by atoms with Gasteiger partial charge in [-0.1, -0.05) is 0 Å². The van der Waals surface area contributed by atoms with Gasteiger partial charge in [0.15, 0.2) is 0 Å². The van der Waals surface area contributed by atoms with Crippen molar-refractivity contribution >= 4 is 23.2 Å². The number of amides is 2. The molecule has 3 N–H and O–H groups in total. The van der Waals surface area contributed by atoms with E-state index in [1.54, 1.807) is 25.2 Å². The molecule has 1 aromatic heterocycles. The second-order valence-electron chi connectivity index (χ2n) is 5.86. The molecule has 1 saturated carbocycles. The summed E-state index contributed by atoms with van der Waals surface area (Å²) in [6.45, 7) is 5.85. The number of carbonyl (C=O) groups excluding carboxylic acids is 2. The molecule has 0 aliphatic heterocycles. The van der Waals surface area contributed by atoms with Crippen LogP contribution in [0.3, 0.4) is 0 Å². The molecule has 0 aromatic carbocycles. The van der Waals surface area contributed by atoms with E-state index in [4.69, 9.17) is 5.73 Å². The summed E-state index contributed by atoms with van der Waals surface area (Å²) in [6.07, 6.45) is 0.906. The van der Waals surface area contributed by atoms with Crippen molar-refractivity contribution in [2.45, 2.75) is 33.1 Å². The molecule has 19 heavy (non-hydrogen) atoms. The van der Waals surface area contributed by atoms with Crippen LogP contribution in [0.4, 0.5) is 0 Å². The molecule has 1 aromatic rings. The molecule has 2 rings (SSSR count). The Morgan fingerprint density at radius 3 is 2.68 bits per heavy atom. The number of primary amides is 1. The van der Waals surface area contributed by atoms with E-state index in [1.807, 2.05) is 0 Å². The lowest BCUT2D eigenvalue weighted by molar-refractivity contribution is -0.127. The minimum atomic E-state index is -0.695. The number of nitrogens with one attached hydrogen (secondary N) is 1. The van der Waals surface area contributed by atoms with E-state index < -0.39 is 11.3 Å². The summed E-state index contributed by atoms with van der Waals surface area (Å²) in [7, 11) is 0. The van der Waals surface area contributed by atoms with E-state index in [9.17, 15) is 9.59 Å². The Hall–Kier alpha value is -1.36. The summed E-state index contributed by atoms with van der Waals surface area (Å²) >= 11 is 1.75. The lowest BCUT2D eigenvalue weighted by Gasteiger charge is -2.20. The van der Waals surface area contributed by atoms with Crippen molar-refractivity contribution in [3.8, 4) is 0 Å². The molecule has 1 heterocycles. The van der Waals surface area contributed by atoms with Gasteiger partial charge in [-0.05, 0) is 39.3 Å². The summed E-state index contributed by atoms with van der Waals surface area (Å²) in [5, 5.41) is 2.84. The second kappa shape index (κ2) is 4.96. The molecule has 1 aliphatic rings. The van der Waals surface area contributed by atoms with Gasteiger partial charge in [0.2, 0.25) is 11.8 Å². The lowest BCUT2D eigenvalue weighted by Crippen LogP contribution is -2.42. The fourth-order valence-corrected chi connectivity index (χ4v) is 3.03. The van der Waals surface area contributed by atoms with Crippen LogP contribution >= 0.6 is 11.3 Å². The van der Waals surface area contributed by atoms with Crippen LogP contribution in [0.15, 0.2) is 12.1 Å². The fourth-order valence-electron chi connectivity index (χ4n) is 1.98. The fraction of sp³-hybridized carbons (Fsp3) is 0.571. The molecule has 104 valence electrons. The average molecular weight is 280 g/mol. The topological polar surface area (TPSA) is 72.2 Å². The predicted molar refractivity (Wildman–Crippen MR) is 75.9 cm³/mol. The van der Waals surface area contributed by atoms with Crippen molar-refractivity contribution in [3.05, 3.63) is 21.9 Å². The minimum absolute atomic E-state index is 0.0328. The van der Waals surface area contributed by atoms with Crippen LogP contribution in [0.2, 0.25) is 0 Å². The maximum absolute atomic E-state index is 12.0. The van der Waals surface area contributed by atoms with Crippen molar-refractivity contribution < 1.29 is 9.59 Å². The van der Waals surface area contributed by atoms with Gasteiger partial charge in [-0.25, -0.2) is 0 Å². The molecule has 5 heteroatoms. The molecular formula is C14H20N2O2S. The summed E-state index contributed by atoms with van der Waals surface area (Å²) in [6, 6.07) is 4.19. The van der Waals surface area contributed by atoms with Crippen LogP contribution in [-0.2, 0) is 9.59 Å².